The Morgan fingerprint density at radius 3 is 2.38 bits per heavy atom. The van der Waals surface area contributed by atoms with Crippen LogP contribution >= 0.6 is 22.7 Å². The Morgan fingerprint density at radius 2 is 1.88 bits per heavy atom. The molecule has 0 saturated carbocycles. The van der Waals surface area contributed by atoms with E-state index in [9.17, 15) is 9.59 Å². The quantitative estimate of drug-likeness (QED) is 0.776. The number of rotatable bonds is 3. The molecule has 2 aromatic rings. The van der Waals surface area contributed by atoms with Crippen molar-refractivity contribution in [1.29, 1.82) is 0 Å². The lowest BCUT2D eigenvalue weighted by Crippen LogP contribution is -1.94. The molecule has 0 aliphatic rings. The summed E-state index contributed by atoms with van der Waals surface area (Å²) in [5, 5.41) is 0.963. The molecule has 0 aliphatic heterocycles. The first-order chi connectivity index (χ1) is 7.54. The third-order valence-corrected chi connectivity index (χ3v) is 5.16. The number of hydrogen-bond acceptors (Lipinski definition) is 4. The molecule has 0 aromatic carbocycles. The van der Waals surface area contributed by atoms with Crippen molar-refractivity contribution in [2.45, 2.75) is 27.2 Å². The summed E-state index contributed by atoms with van der Waals surface area (Å²) in [6.07, 6.45) is 0.871. The second-order valence-electron chi connectivity index (χ2n) is 3.68. The smallest absolute Gasteiger partial charge is 0.169 e. The zero-order chi connectivity index (χ0) is 11.9. The Morgan fingerprint density at radius 1 is 1.19 bits per heavy atom. The highest BCUT2D eigenvalue weighted by molar-refractivity contribution is 7.39. The van der Waals surface area contributed by atoms with Crippen LogP contribution in [0.2, 0.25) is 0 Å². The second-order valence-corrected chi connectivity index (χ2v) is 6.09. The van der Waals surface area contributed by atoms with Crippen LogP contribution in [-0.4, -0.2) is 11.6 Å². The van der Waals surface area contributed by atoms with Crippen molar-refractivity contribution in [3.63, 3.8) is 0 Å². The van der Waals surface area contributed by atoms with Gasteiger partial charge in [-0.2, -0.15) is 0 Å². The molecule has 0 unspecified atom stereocenters. The summed E-state index contributed by atoms with van der Waals surface area (Å²) in [5.41, 5.74) is 0.811. The van der Waals surface area contributed by atoms with Crippen molar-refractivity contribution in [3.05, 3.63) is 21.4 Å². The number of ketones is 2. The molecular formula is C12H12O2S2. The van der Waals surface area contributed by atoms with E-state index in [1.165, 1.54) is 11.3 Å². The monoisotopic (exact) mass is 252 g/mol. The van der Waals surface area contributed by atoms with Gasteiger partial charge in [0.05, 0.1) is 8.89 Å². The molecule has 2 aromatic heterocycles. The molecule has 0 amide bonds. The fraction of sp³-hybridized carbons (Fsp3) is 0.333. The minimum Gasteiger partial charge on any atom is -0.294 e. The van der Waals surface area contributed by atoms with Gasteiger partial charge in [0.15, 0.2) is 11.6 Å². The van der Waals surface area contributed by atoms with E-state index in [0.717, 1.165) is 31.1 Å². The Labute approximate surface area is 102 Å². The number of thiophene rings is 2. The molecule has 0 aliphatic carbocycles. The SMILES string of the molecule is CCc1sc2sc(C(C)=O)cc2c1C(C)=O. The van der Waals surface area contributed by atoms with Gasteiger partial charge >= 0.3 is 0 Å². The first-order valence-corrected chi connectivity index (χ1v) is 6.75. The number of fused-ring (bicyclic) bond motifs is 1. The summed E-state index contributed by atoms with van der Waals surface area (Å²) < 4.78 is 1.09. The van der Waals surface area contributed by atoms with E-state index >= 15 is 0 Å². The molecule has 84 valence electrons. The number of carbonyl (C=O) groups is 2. The molecule has 0 fully saturated rings. The number of hydrogen-bond donors (Lipinski definition) is 0. The molecule has 0 atom stereocenters. The lowest BCUT2D eigenvalue weighted by Gasteiger charge is -1.95. The highest BCUT2D eigenvalue weighted by Gasteiger charge is 2.18. The van der Waals surface area contributed by atoms with Crippen LogP contribution in [0, 0.1) is 0 Å². The standard InChI is InChI=1S/C12H12O2S2/c1-4-9-11(7(3)14)8-5-10(6(2)13)16-12(8)15-9/h5H,4H2,1-3H3. The number of Topliss-reactive ketones (excluding diaryl/α,β-unsaturated/α-hetero) is 2. The number of aryl methyl sites for hydroxylation is 1. The van der Waals surface area contributed by atoms with Gasteiger partial charge in [-0.05, 0) is 26.3 Å². The van der Waals surface area contributed by atoms with Gasteiger partial charge in [0, 0.05) is 15.8 Å². The van der Waals surface area contributed by atoms with Crippen molar-refractivity contribution in [2.75, 3.05) is 0 Å². The lowest BCUT2D eigenvalue weighted by molar-refractivity contribution is 0.101. The van der Waals surface area contributed by atoms with Gasteiger partial charge in [0.25, 0.3) is 0 Å². The highest BCUT2D eigenvalue weighted by atomic mass is 32.2. The summed E-state index contributed by atoms with van der Waals surface area (Å²) >= 11 is 3.13. The predicted octanol–water partition coefficient (Wildman–Crippen LogP) is 3.93. The maximum absolute atomic E-state index is 11.6. The third kappa shape index (κ3) is 1.72. The van der Waals surface area contributed by atoms with Crippen LogP contribution in [-0.2, 0) is 6.42 Å². The molecule has 0 N–H and O–H groups in total. The zero-order valence-corrected chi connectivity index (χ0v) is 11.1. The van der Waals surface area contributed by atoms with E-state index in [1.807, 2.05) is 13.0 Å². The van der Waals surface area contributed by atoms with Gasteiger partial charge in [-0.25, -0.2) is 0 Å². The fourth-order valence-electron chi connectivity index (χ4n) is 1.75. The molecule has 2 heterocycles. The van der Waals surface area contributed by atoms with Gasteiger partial charge in [-0.3, -0.25) is 9.59 Å². The van der Waals surface area contributed by atoms with Gasteiger partial charge in [0.2, 0.25) is 0 Å². The molecular weight excluding hydrogens is 240 g/mol. The van der Waals surface area contributed by atoms with Crippen LogP contribution in [0.25, 0.3) is 9.40 Å². The van der Waals surface area contributed by atoms with Crippen molar-refractivity contribution in [1.82, 2.24) is 0 Å². The molecule has 0 bridgehead atoms. The van der Waals surface area contributed by atoms with Crippen LogP contribution in [0.15, 0.2) is 6.07 Å². The van der Waals surface area contributed by atoms with Crippen LogP contribution in [0.1, 0.15) is 45.7 Å². The average molecular weight is 252 g/mol. The van der Waals surface area contributed by atoms with E-state index in [2.05, 4.69) is 0 Å². The van der Waals surface area contributed by atoms with Gasteiger partial charge in [-0.15, -0.1) is 22.7 Å². The predicted molar refractivity (Wildman–Crippen MR) is 69.1 cm³/mol. The molecule has 0 spiro atoms. The molecule has 2 rings (SSSR count). The normalized spacial score (nSPS) is 10.9. The third-order valence-electron chi connectivity index (χ3n) is 2.48. The van der Waals surface area contributed by atoms with E-state index in [0.29, 0.717) is 0 Å². The minimum atomic E-state index is 0.0703. The second kappa shape index (κ2) is 4.11. The van der Waals surface area contributed by atoms with E-state index in [-0.39, 0.29) is 11.6 Å². The summed E-state index contributed by atoms with van der Waals surface area (Å²) in [6.45, 7) is 5.20. The first kappa shape index (κ1) is 11.5. The van der Waals surface area contributed by atoms with Crippen molar-refractivity contribution in [2.24, 2.45) is 0 Å². The molecule has 16 heavy (non-hydrogen) atoms. The van der Waals surface area contributed by atoms with E-state index < -0.39 is 0 Å². The number of carbonyl (C=O) groups excluding carboxylic acids is 2. The Bertz CT molecular complexity index is 575. The van der Waals surface area contributed by atoms with E-state index in [4.69, 9.17) is 0 Å². The first-order valence-electron chi connectivity index (χ1n) is 5.11. The van der Waals surface area contributed by atoms with Gasteiger partial charge in [0.1, 0.15) is 0 Å². The molecule has 0 saturated heterocycles. The Hall–Kier alpha value is -1.00. The van der Waals surface area contributed by atoms with Crippen LogP contribution < -0.4 is 0 Å². The fourth-order valence-corrected chi connectivity index (χ4v) is 4.27. The van der Waals surface area contributed by atoms with E-state index in [1.54, 1.807) is 25.2 Å². The van der Waals surface area contributed by atoms with Crippen LogP contribution in [0.4, 0.5) is 0 Å². The topological polar surface area (TPSA) is 34.1 Å². The molecule has 0 radical (unpaired) electrons. The lowest BCUT2D eigenvalue weighted by atomic mass is 10.1. The summed E-state index contributed by atoms with van der Waals surface area (Å²) in [4.78, 5) is 24.8. The average Bonchev–Trinajstić information content (AvgIpc) is 2.71. The minimum absolute atomic E-state index is 0.0703. The maximum atomic E-state index is 11.6. The maximum Gasteiger partial charge on any atom is 0.169 e. The highest BCUT2D eigenvalue weighted by Crippen LogP contribution is 2.38. The van der Waals surface area contributed by atoms with Crippen molar-refractivity contribution in [3.8, 4) is 0 Å². The van der Waals surface area contributed by atoms with Crippen LogP contribution in [0.5, 0.6) is 0 Å². The van der Waals surface area contributed by atoms with Crippen molar-refractivity contribution < 1.29 is 9.59 Å². The summed E-state index contributed by atoms with van der Waals surface area (Å²) in [6, 6.07) is 1.86. The van der Waals surface area contributed by atoms with Crippen molar-refractivity contribution >= 4 is 43.6 Å². The Kier molecular flexibility index (Phi) is 2.95. The summed E-state index contributed by atoms with van der Waals surface area (Å²) in [5.74, 6) is 0.164. The zero-order valence-electron chi connectivity index (χ0n) is 9.42. The van der Waals surface area contributed by atoms with Gasteiger partial charge < -0.3 is 0 Å². The largest absolute Gasteiger partial charge is 0.294 e. The summed E-state index contributed by atoms with van der Waals surface area (Å²) in [7, 11) is 0. The molecule has 4 heteroatoms. The van der Waals surface area contributed by atoms with Gasteiger partial charge in [-0.1, -0.05) is 6.92 Å². The molecule has 2 nitrogen and oxygen atoms in total. The van der Waals surface area contributed by atoms with Crippen LogP contribution in [0.3, 0.4) is 0 Å². The Balaban J connectivity index is 2.72.